The molecule has 2 aromatic carbocycles. The normalized spacial score (nSPS) is 9.34. The Kier molecular flexibility index (Phi) is 12.7. The van der Waals surface area contributed by atoms with Gasteiger partial charge in [0.1, 0.15) is 17.3 Å². The van der Waals surface area contributed by atoms with Gasteiger partial charge in [-0.25, -0.2) is 10.8 Å². The van der Waals surface area contributed by atoms with E-state index in [1.54, 1.807) is 12.1 Å². The SMILES string of the molecule is C.CC(=N)N.Cc1nc(-c2ccc(-c3ccccc3)o2)n[nH]1.Cl.NNC(=O)c1ccc(-c2ccccc2)o1. The Labute approximate surface area is 227 Å². The number of nitrogens with zero attached hydrogens (tertiary/aromatic N) is 2. The largest absolute Gasteiger partial charge is 0.453 e. The van der Waals surface area contributed by atoms with Crippen LogP contribution in [0.15, 0.2) is 93.8 Å². The van der Waals surface area contributed by atoms with E-state index in [1.165, 1.54) is 6.92 Å². The van der Waals surface area contributed by atoms with Gasteiger partial charge in [0, 0.05) is 11.1 Å². The number of benzene rings is 2. The van der Waals surface area contributed by atoms with Crippen molar-refractivity contribution in [2.24, 2.45) is 11.6 Å². The highest BCUT2D eigenvalue weighted by Crippen LogP contribution is 2.26. The van der Waals surface area contributed by atoms with Crippen molar-refractivity contribution in [3.63, 3.8) is 0 Å². The van der Waals surface area contributed by atoms with E-state index in [0.29, 0.717) is 17.3 Å². The smallest absolute Gasteiger partial charge is 0.300 e. The molecule has 5 rings (SSSR count). The Morgan fingerprint density at radius 2 is 1.34 bits per heavy atom. The second kappa shape index (κ2) is 15.4. The van der Waals surface area contributed by atoms with Gasteiger partial charge in [-0.1, -0.05) is 68.1 Å². The van der Waals surface area contributed by atoms with Crippen LogP contribution in [0.25, 0.3) is 34.2 Å². The molecule has 0 saturated carbocycles. The summed E-state index contributed by atoms with van der Waals surface area (Å²) in [4.78, 5) is 15.4. The summed E-state index contributed by atoms with van der Waals surface area (Å²) in [5.41, 5.74) is 8.68. The lowest BCUT2D eigenvalue weighted by molar-refractivity contribution is 0.0927. The van der Waals surface area contributed by atoms with E-state index in [0.717, 1.165) is 22.7 Å². The Bertz CT molecular complexity index is 1390. The number of amides is 1. The Balaban J connectivity index is 0.000000321. The van der Waals surface area contributed by atoms with Gasteiger partial charge in [0.2, 0.25) is 5.82 Å². The Morgan fingerprint density at radius 1 is 0.868 bits per heavy atom. The summed E-state index contributed by atoms with van der Waals surface area (Å²) in [5, 5.41) is 13.1. The second-order valence-electron chi connectivity index (χ2n) is 7.46. The lowest BCUT2D eigenvalue weighted by atomic mass is 10.2. The molecule has 0 aliphatic heterocycles. The molecule has 10 nitrogen and oxygen atoms in total. The Morgan fingerprint density at radius 3 is 1.82 bits per heavy atom. The number of amidine groups is 1. The van der Waals surface area contributed by atoms with E-state index in [9.17, 15) is 4.79 Å². The summed E-state index contributed by atoms with van der Waals surface area (Å²) in [7, 11) is 0. The van der Waals surface area contributed by atoms with E-state index in [1.807, 2.05) is 85.1 Å². The molecule has 0 atom stereocenters. The number of nitrogen functional groups attached to an aromatic ring is 1. The van der Waals surface area contributed by atoms with Crippen LogP contribution in [0.5, 0.6) is 0 Å². The van der Waals surface area contributed by atoms with Crippen molar-refractivity contribution in [2.75, 3.05) is 0 Å². The Hall–Kier alpha value is -4.67. The minimum atomic E-state index is -0.433. The first-order valence-electron chi connectivity index (χ1n) is 10.9. The number of nitrogens with one attached hydrogen (secondary N) is 3. The van der Waals surface area contributed by atoms with Crippen molar-refractivity contribution in [2.45, 2.75) is 21.3 Å². The van der Waals surface area contributed by atoms with Crippen molar-refractivity contribution in [3.8, 4) is 34.2 Å². The van der Waals surface area contributed by atoms with Gasteiger partial charge < -0.3 is 14.6 Å². The number of rotatable bonds is 4. The van der Waals surface area contributed by atoms with Gasteiger partial charge in [-0.3, -0.25) is 20.7 Å². The molecule has 0 saturated heterocycles. The minimum Gasteiger partial charge on any atom is -0.453 e. The summed E-state index contributed by atoms with van der Waals surface area (Å²) < 4.78 is 11.1. The topological polar surface area (TPSA) is 173 Å². The molecule has 0 radical (unpaired) electrons. The summed E-state index contributed by atoms with van der Waals surface area (Å²) in [6.45, 7) is 3.39. The van der Waals surface area contributed by atoms with E-state index < -0.39 is 5.91 Å². The first kappa shape index (κ1) is 31.4. The summed E-state index contributed by atoms with van der Waals surface area (Å²) in [6.07, 6.45) is 0. The fraction of sp³-hybridized carbons (Fsp3) is 0.111. The lowest BCUT2D eigenvalue weighted by Gasteiger charge is -1.96. The van der Waals surface area contributed by atoms with Crippen molar-refractivity contribution in [3.05, 3.63) is 96.5 Å². The number of halogens is 1. The molecule has 0 aliphatic carbocycles. The summed E-state index contributed by atoms with van der Waals surface area (Å²) in [6, 6.07) is 26.6. The number of carbonyl (C=O) groups excluding carboxylic acids is 1. The molecule has 38 heavy (non-hydrogen) atoms. The third-order valence-corrected chi connectivity index (χ3v) is 4.50. The fourth-order valence-corrected chi connectivity index (χ4v) is 2.96. The number of furan rings is 2. The first-order valence-corrected chi connectivity index (χ1v) is 10.9. The molecule has 5 aromatic rings. The third-order valence-electron chi connectivity index (χ3n) is 4.50. The molecule has 1 amide bonds. The van der Waals surface area contributed by atoms with Gasteiger partial charge in [-0.05, 0) is 38.1 Å². The zero-order valence-corrected chi connectivity index (χ0v) is 21.1. The lowest BCUT2D eigenvalue weighted by Crippen LogP contribution is -2.29. The van der Waals surface area contributed by atoms with Gasteiger partial charge in [0.15, 0.2) is 11.5 Å². The minimum absolute atomic E-state index is 0. The van der Waals surface area contributed by atoms with Gasteiger partial charge in [-0.2, -0.15) is 5.10 Å². The molecule has 3 heterocycles. The standard InChI is InChI=1S/C13H11N3O.C11H10N2O2.C2H6N2.CH4.ClH/c1-9-14-13(16-15-9)12-8-7-11(17-12)10-5-3-2-4-6-10;12-13-11(14)10-7-6-9(15-10)8-4-2-1-3-5-8;1-2(3)4;;/h2-8H,1H3,(H,14,15,16);1-7H,12H2,(H,13,14);1H3,(H3,3,4);1H4;1H. The average Bonchev–Trinajstić information content (AvgIpc) is 3.65. The number of aryl methyl sites for hydroxylation is 1. The molecule has 3 aromatic heterocycles. The van der Waals surface area contributed by atoms with Gasteiger partial charge in [-0.15, -0.1) is 12.4 Å². The van der Waals surface area contributed by atoms with Gasteiger partial charge in [0.05, 0.1) is 5.84 Å². The highest BCUT2D eigenvalue weighted by atomic mass is 35.5. The maximum absolute atomic E-state index is 11.1. The molecule has 0 spiro atoms. The maximum Gasteiger partial charge on any atom is 0.300 e. The van der Waals surface area contributed by atoms with E-state index in [2.05, 4.69) is 15.2 Å². The van der Waals surface area contributed by atoms with Gasteiger partial charge in [0.25, 0.3) is 0 Å². The number of hydrazine groups is 1. The zero-order chi connectivity index (χ0) is 25.9. The number of aromatic nitrogens is 3. The molecule has 0 aliphatic rings. The van der Waals surface area contributed by atoms with E-state index >= 15 is 0 Å². The molecular formula is C27H32ClN7O3. The molecule has 0 unspecified atom stereocenters. The predicted molar refractivity (Wildman–Crippen MR) is 152 cm³/mol. The van der Waals surface area contributed by atoms with Crippen LogP contribution in [0.2, 0.25) is 0 Å². The summed E-state index contributed by atoms with van der Waals surface area (Å²) >= 11 is 0. The monoisotopic (exact) mass is 537 g/mol. The predicted octanol–water partition coefficient (Wildman–Crippen LogP) is 5.59. The van der Waals surface area contributed by atoms with E-state index in [4.69, 9.17) is 25.8 Å². The van der Waals surface area contributed by atoms with Crippen LogP contribution in [0.4, 0.5) is 0 Å². The quantitative estimate of drug-likeness (QED) is 0.0652. The molecule has 11 heteroatoms. The fourth-order valence-electron chi connectivity index (χ4n) is 2.96. The highest BCUT2D eigenvalue weighted by molar-refractivity contribution is 5.91. The average molecular weight is 538 g/mol. The first-order chi connectivity index (χ1) is 17.4. The number of nitrogens with two attached hydrogens (primary N) is 2. The van der Waals surface area contributed by atoms with Crippen LogP contribution < -0.4 is 17.0 Å². The van der Waals surface area contributed by atoms with Crippen molar-refractivity contribution >= 4 is 24.1 Å². The third kappa shape index (κ3) is 9.08. The van der Waals surface area contributed by atoms with E-state index in [-0.39, 0.29) is 31.4 Å². The number of aromatic amines is 1. The van der Waals surface area contributed by atoms with Crippen LogP contribution in [0.3, 0.4) is 0 Å². The van der Waals surface area contributed by atoms with Crippen molar-refractivity contribution in [1.29, 1.82) is 5.41 Å². The highest BCUT2D eigenvalue weighted by Gasteiger charge is 2.11. The van der Waals surface area contributed by atoms with Crippen LogP contribution in [-0.4, -0.2) is 26.9 Å². The molecule has 0 fully saturated rings. The zero-order valence-electron chi connectivity index (χ0n) is 20.3. The van der Waals surface area contributed by atoms with Gasteiger partial charge >= 0.3 is 5.91 Å². The van der Waals surface area contributed by atoms with Crippen molar-refractivity contribution < 1.29 is 13.6 Å². The van der Waals surface area contributed by atoms with Crippen LogP contribution in [0, 0.1) is 12.3 Å². The number of hydrogen-bond acceptors (Lipinski definition) is 7. The number of carbonyl (C=O) groups is 1. The van der Waals surface area contributed by atoms with Crippen LogP contribution >= 0.6 is 12.4 Å². The number of H-pyrrole nitrogens is 1. The number of hydrogen-bond donors (Lipinski definition) is 5. The van der Waals surface area contributed by atoms with Crippen molar-refractivity contribution in [1.82, 2.24) is 20.6 Å². The molecular weight excluding hydrogens is 506 g/mol. The molecule has 0 bridgehead atoms. The second-order valence-corrected chi connectivity index (χ2v) is 7.46. The molecule has 7 N–H and O–H groups in total. The van der Waals surface area contributed by atoms with Crippen LogP contribution in [0.1, 0.15) is 30.7 Å². The summed E-state index contributed by atoms with van der Waals surface area (Å²) in [5.74, 6) is 8.44. The maximum atomic E-state index is 11.1. The van der Waals surface area contributed by atoms with Crippen LogP contribution in [-0.2, 0) is 0 Å². The molecule has 200 valence electrons.